The summed E-state index contributed by atoms with van der Waals surface area (Å²) in [5.74, 6) is 1.44. The van der Waals surface area contributed by atoms with Crippen molar-refractivity contribution in [2.45, 2.75) is 63.6 Å². The van der Waals surface area contributed by atoms with E-state index in [-0.39, 0.29) is 36.9 Å². The first-order valence-corrected chi connectivity index (χ1v) is 13.9. The molecule has 38 heavy (non-hydrogen) atoms. The molecular formula is C29H37ClN2O6. The number of para-hydroxylation sites is 2. The molecule has 1 aliphatic heterocycles. The minimum Gasteiger partial charge on any atom is -0.493 e. The van der Waals surface area contributed by atoms with E-state index in [0.29, 0.717) is 35.2 Å². The van der Waals surface area contributed by atoms with Crippen LogP contribution >= 0.6 is 11.6 Å². The van der Waals surface area contributed by atoms with E-state index in [0.717, 1.165) is 32.1 Å². The molecule has 0 bridgehead atoms. The number of methoxy groups -OCH3 is 1. The third-order valence-electron chi connectivity index (χ3n) is 6.88. The molecular weight excluding hydrogens is 508 g/mol. The molecule has 2 amide bonds. The molecule has 0 spiro atoms. The van der Waals surface area contributed by atoms with Crippen LogP contribution in [0.1, 0.15) is 57.1 Å². The molecule has 8 nitrogen and oxygen atoms in total. The van der Waals surface area contributed by atoms with Crippen LogP contribution in [0.2, 0.25) is 0 Å². The number of amides is 2. The fraction of sp³-hybridized carbons (Fsp3) is 0.517. The summed E-state index contributed by atoms with van der Waals surface area (Å²) in [6.45, 7) is 2.93. The number of hydrogen-bond donors (Lipinski definition) is 1. The van der Waals surface area contributed by atoms with Gasteiger partial charge < -0.3 is 29.2 Å². The smallest absolute Gasteiger partial charge is 0.247 e. The third kappa shape index (κ3) is 6.84. The van der Waals surface area contributed by atoms with Gasteiger partial charge in [-0.25, -0.2) is 0 Å². The highest BCUT2D eigenvalue weighted by molar-refractivity contribution is 6.27. The van der Waals surface area contributed by atoms with E-state index >= 15 is 0 Å². The molecule has 0 radical (unpaired) electrons. The molecule has 1 aliphatic carbocycles. The van der Waals surface area contributed by atoms with E-state index in [1.54, 1.807) is 25.3 Å². The van der Waals surface area contributed by atoms with Crippen molar-refractivity contribution in [3.63, 3.8) is 0 Å². The molecule has 2 atom stereocenters. The Morgan fingerprint density at radius 1 is 1.11 bits per heavy atom. The van der Waals surface area contributed by atoms with Crippen molar-refractivity contribution < 1.29 is 28.5 Å². The maximum atomic E-state index is 13.9. The lowest BCUT2D eigenvalue weighted by molar-refractivity contribution is -0.141. The van der Waals surface area contributed by atoms with Gasteiger partial charge in [0.25, 0.3) is 0 Å². The van der Waals surface area contributed by atoms with Gasteiger partial charge in [0.15, 0.2) is 29.1 Å². The van der Waals surface area contributed by atoms with Gasteiger partial charge in [0.05, 0.1) is 20.3 Å². The van der Waals surface area contributed by atoms with Crippen LogP contribution in [0.5, 0.6) is 23.0 Å². The summed E-state index contributed by atoms with van der Waals surface area (Å²) in [7, 11) is 1.56. The van der Waals surface area contributed by atoms with Gasteiger partial charge >= 0.3 is 0 Å². The minimum atomic E-state index is -0.932. The average Bonchev–Trinajstić information content (AvgIpc) is 2.96. The Morgan fingerprint density at radius 2 is 1.87 bits per heavy atom. The number of nitrogens with one attached hydrogen (secondary N) is 1. The van der Waals surface area contributed by atoms with E-state index in [9.17, 15) is 9.59 Å². The lowest BCUT2D eigenvalue weighted by Crippen LogP contribution is -2.51. The lowest BCUT2D eigenvalue weighted by atomic mass is 9.94. The molecule has 1 saturated carbocycles. The first kappa shape index (κ1) is 27.9. The molecule has 2 aromatic carbocycles. The number of ether oxygens (including phenoxy) is 4. The van der Waals surface area contributed by atoms with Crippen molar-refractivity contribution in [2.75, 3.05) is 32.7 Å². The molecule has 2 aliphatic rings. The van der Waals surface area contributed by atoms with Crippen LogP contribution in [0.15, 0.2) is 42.5 Å². The Kier molecular flexibility index (Phi) is 9.98. The zero-order valence-electron chi connectivity index (χ0n) is 22.1. The van der Waals surface area contributed by atoms with E-state index in [2.05, 4.69) is 5.32 Å². The van der Waals surface area contributed by atoms with Crippen molar-refractivity contribution in [2.24, 2.45) is 0 Å². The van der Waals surface area contributed by atoms with Gasteiger partial charge in [0.2, 0.25) is 11.8 Å². The summed E-state index contributed by atoms with van der Waals surface area (Å²) >= 11 is 6.07. The van der Waals surface area contributed by atoms with E-state index in [4.69, 9.17) is 30.5 Å². The Hall–Kier alpha value is -3.13. The maximum Gasteiger partial charge on any atom is 0.247 e. The Bertz CT molecular complexity index is 1090. The number of carbonyl (C=O) groups excluding carboxylic acids is 2. The SMILES string of the molecule is CCCOc1ccc([C@H](C(=O)NC2CCCCC2)N(C[C@@H]2COc3ccccc3O2)C(=O)CCl)cc1OC. The second-order valence-electron chi connectivity index (χ2n) is 9.68. The van der Waals surface area contributed by atoms with Gasteiger partial charge in [-0.05, 0) is 49.1 Å². The number of fused-ring (bicyclic) bond motifs is 1. The largest absolute Gasteiger partial charge is 0.493 e. The molecule has 206 valence electrons. The summed E-state index contributed by atoms with van der Waals surface area (Å²) in [6, 6.07) is 11.9. The van der Waals surface area contributed by atoms with Gasteiger partial charge in [-0.2, -0.15) is 0 Å². The van der Waals surface area contributed by atoms with Gasteiger partial charge in [0, 0.05) is 6.04 Å². The summed E-state index contributed by atoms with van der Waals surface area (Å²) in [5, 5.41) is 3.20. The normalized spacial score (nSPS) is 17.8. The lowest BCUT2D eigenvalue weighted by Gasteiger charge is -2.36. The maximum absolute atomic E-state index is 13.9. The van der Waals surface area contributed by atoms with Crippen molar-refractivity contribution >= 4 is 23.4 Å². The zero-order chi connectivity index (χ0) is 26.9. The standard InChI is InChI=1S/C29H37ClN2O6/c1-3-15-36-24-14-13-20(16-26(24)35-2)28(29(34)31-21-9-5-4-6-10-21)32(27(33)17-30)18-22-19-37-23-11-7-8-12-25(23)38-22/h7-8,11-14,16,21-22,28H,3-6,9-10,15,17-19H2,1-2H3,(H,31,34)/t22-,28-/m1/s1. The van der Waals surface area contributed by atoms with Crippen molar-refractivity contribution in [3.05, 3.63) is 48.0 Å². The zero-order valence-corrected chi connectivity index (χ0v) is 22.9. The van der Waals surface area contributed by atoms with E-state index in [1.807, 2.05) is 31.2 Å². The highest BCUT2D eigenvalue weighted by atomic mass is 35.5. The van der Waals surface area contributed by atoms with Crippen LogP contribution in [0, 0.1) is 0 Å². The van der Waals surface area contributed by atoms with Crippen LogP contribution in [0.4, 0.5) is 0 Å². The summed E-state index contributed by atoms with van der Waals surface area (Å²) < 4.78 is 23.4. The number of carbonyl (C=O) groups is 2. The molecule has 2 aromatic rings. The molecule has 1 N–H and O–H groups in total. The number of halogens is 1. The third-order valence-corrected chi connectivity index (χ3v) is 7.11. The van der Waals surface area contributed by atoms with E-state index < -0.39 is 12.1 Å². The Balaban J connectivity index is 1.65. The van der Waals surface area contributed by atoms with Crippen molar-refractivity contribution in [1.29, 1.82) is 0 Å². The Labute approximate surface area is 229 Å². The number of nitrogens with zero attached hydrogens (tertiary/aromatic N) is 1. The second-order valence-corrected chi connectivity index (χ2v) is 9.95. The van der Waals surface area contributed by atoms with Gasteiger partial charge in [-0.3, -0.25) is 9.59 Å². The topological polar surface area (TPSA) is 86.3 Å². The highest BCUT2D eigenvalue weighted by Gasteiger charge is 2.36. The van der Waals surface area contributed by atoms with Crippen LogP contribution in [0.25, 0.3) is 0 Å². The van der Waals surface area contributed by atoms with Gasteiger partial charge in [-0.1, -0.05) is 44.4 Å². The summed E-state index contributed by atoms with van der Waals surface area (Å²) in [6.07, 6.45) is 5.53. The fourth-order valence-electron chi connectivity index (χ4n) is 4.99. The van der Waals surface area contributed by atoms with Crippen LogP contribution in [-0.2, 0) is 9.59 Å². The molecule has 9 heteroatoms. The number of benzene rings is 2. The number of hydrogen-bond acceptors (Lipinski definition) is 6. The molecule has 0 saturated heterocycles. The Morgan fingerprint density at radius 3 is 2.58 bits per heavy atom. The van der Waals surface area contributed by atoms with Gasteiger partial charge in [-0.15, -0.1) is 11.6 Å². The minimum absolute atomic E-state index is 0.0712. The second kappa shape index (κ2) is 13.6. The number of alkyl halides is 1. The van der Waals surface area contributed by atoms with Crippen LogP contribution < -0.4 is 24.3 Å². The monoisotopic (exact) mass is 544 g/mol. The molecule has 0 aromatic heterocycles. The fourth-order valence-corrected chi connectivity index (χ4v) is 5.14. The number of rotatable bonds is 11. The quantitative estimate of drug-likeness (QED) is 0.406. The molecule has 1 heterocycles. The van der Waals surface area contributed by atoms with Gasteiger partial charge in [0.1, 0.15) is 18.5 Å². The molecule has 4 rings (SSSR count). The average molecular weight is 545 g/mol. The van der Waals surface area contributed by atoms with E-state index in [1.165, 1.54) is 11.3 Å². The summed E-state index contributed by atoms with van der Waals surface area (Å²) in [5.41, 5.74) is 0.606. The predicted molar refractivity (Wildman–Crippen MR) is 145 cm³/mol. The van der Waals surface area contributed by atoms with Crippen LogP contribution in [0.3, 0.4) is 0 Å². The van der Waals surface area contributed by atoms with Crippen molar-refractivity contribution in [3.8, 4) is 23.0 Å². The first-order valence-electron chi connectivity index (χ1n) is 13.4. The molecule has 0 unspecified atom stereocenters. The molecule has 1 fully saturated rings. The predicted octanol–water partition coefficient (Wildman–Crippen LogP) is 4.88. The van der Waals surface area contributed by atoms with Crippen LogP contribution in [-0.4, -0.2) is 61.6 Å². The first-order chi connectivity index (χ1) is 18.5. The summed E-state index contributed by atoms with van der Waals surface area (Å²) in [4.78, 5) is 28.6. The highest BCUT2D eigenvalue weighted by Crippen LogP contribution is 2.35. The van der Waals surface area contributed by atoms with Crippen molar-refractivity contribution in [1.82, 2.24) is 10.2 Å².